The van der Waals surface area contributed by atoms with Crippen LogP contribution < -0.4 is 5.32 Å². The van der Waals surface area contributed by atoms with Gasteiger partial charge in [0.2, 0.25) is 15.9 Å². The molecule has 0 radical (unpaired) electrons. The summed E-state index contributed by atoms with van der Waals surface area (Å²) >= 11 is 0. The number of carbonyl (C=O) groups is 1. The van der Waals surface area contributed by atoms with Gasteiger partial charge in [-0.05, 0) is 24.1 Å². The van der Waals surface area contributed by atoms with Crippen LogP contribution >= 0.6 is 0 Å². The van der Waals surface area contributed by atoms with E-state index in [0.29, 0.717) is 12.5 Å². The van der Waals surface area contributed by atoms with Gasteiger partial charge < -0.3 is 5.32 Å². The molecule has 2 aromatic carbocycles. The summed E-state index contributed by atoms with van der Waals surface area (Å²) in [6, 6.07) is 12.0. The number of nitrogens with one attached hydrogen (secondary N) is 1. The Morgan fingerprint density at radius 1 is 1.12 bits per heavy atom. The van der Waals surface area contributed by atoms with Gasteiger partial charge in [0.05, 0.1) is 18.5 Å². The van der Waals surface area contributed by atoms with Crippen molar-refractivity contribution in [1.29, 1.82) is 0 Å². The minimum absolute atomic E-state index is 0.113. The molecule has 134 valence electrons. The highest BCUT2D eigenvalue weighted by molar-refractivity contribution is 7.88. The highest BCUT2D eigenvalue weighted by atomic mass is 32.2. The number of benzene rings is 2. The fourth-order valence-corrected chi connectivity index (χ4v) is 2.98. The van der Waals surface area contributed by atoms with Gasteiger partial charge in [-0.3, -0.25) is 4.79 Å². The van der Waals surface area contributed by atoms with Crippen LogP contribution in [0.1, 0.15) is 5.56 Å². The van der Waals surface area contributed by atoms with Gasteiger partial charge >= 0.3 is 0 Å². The van der Waals surface area contributed by atoms with E-state index in [4.69, 9.17) is 0 Å². The second-order valence-corrected chi connectivity index (χ2v) is 7.49. The summed E-state index contributed by atoms with van der Waals surface area (Å²) in [6.07, 6.45) is 1.44. The number of carbonyl (C=O) groups excluding carboxylic acids is 1. The maximum atomic E-state index is 13.6. The largest absolute Gasteiger partial charge is 0.322 e. The smallest absolute Gasteiger partial charge is 0.239 e. The van der Waals surface area contributed by atoms with Crippen LogP contribution in [0.25, 0.3) is 0 Å². The first-order valence-electron chi connectivity index (χ1n) is 7.49. The van der Waals surface area contributed by atoms with Gasteiger partial charge in [-0.25, -0.2) is 17.2 Å². The van der Waals surface area contributed by atoms with Crippen molar-refractivity contribution in [2.45, 2.75) is 6.42 Å². The van der Waals surface area contributed by atoms with Crippen LogP contribution in [0.5, 0.6) is 0 Å². The lowest BCUT2D eigenvalue weighted by atomic mass is 10.1. The van der Waals surface area contributed by atoms with Gasteiger partial charge in [0, 0.05) is 12.6 Å². The lowest BCUT2D eigenvalue weighted by Crippen LogP contribution is -2.38. The molecule has 0 aliphatic heterocycles. The first kappa shape index (κ1) is 19.0. The first-order valence-corrected chi connectivity index (χ1v) is 9.34. The highest BCUT2D eigenvalue weighted by Gasteiger charge is 2.20. The summed E-state index contributed by atoms with van der Waals surface area (Å²) < 4.78 is 51.2. The number of hydrogen-bond donors (Lipinski definition) is 1. The van der Waals surface area contributed by atoms with Crippen LogP contribution in [-0.2, 0) is 21.2 Å². The molecule has 0 saturated carbocycles. The monoisotopic (exact) mass is 368 g/mol. The molecule has 0 bridgehead atoms. The second kappa shape index (κ2) is 8.17. The summed E-state index contributed by atoms with van der Waals surface area (Å²) in [7, 11) is -3.62. The van der Waals surface area contributed by atoms with Gasteiger partial charge in [-0.1, -0.05) is 30.3 Å². The maximum absolute atomic E-state index is 13.6. The van der Waals surface area contributed by atoms with Crippen molar-refractivity contribution in [2.24, 2.45) is 0 Å². The van der Waals surface area contributed by atoms with Crippen molar-refractivity contribution in [3.8, 4) is 0 Å². The van der Waals surface area contributed by atoms with Crippen molar-refractivity contribution in [2.75, 3.05) is 24.7 Å². The molecule has 25 heavy (non-hydrogen) atoms. The average Bonchev–Trinajstić information content (AvgIpc) is 2.54. The standard InChI is InChI=1S/C17H18F2N2O3S/c1-25(23,24)21(10-9-13-5-3-2-4-6-13)12-17(22)20-16-8-7-14(18)11-15(16)19/h2-8,11H,9-10,12H2,1H3,(H,20,22). The SMILES string of the molecule is CS(=O)(=O)N(CCc1ccccc1)CC(=O)Nc1ccc(F)cc1F. The molecule has 1 amide bonds. The number of anilines is 1. The van der Waals surface area contributed by atoms with E-state index in [0.717, 1.165) is 28.3 Å². The Hall–Kier alpha value is -2.32. The number of rotatable bonds is 7. The summed E-state index contributed by atoms with van der Waals surface area (Å²) in [5.74, 6) is -2.40. The van der Waals surface area contributed by atoms with Crippen LogP contribution in [-0.4, -0.2) is 38.0 Å². The topological polar surface area (TPSA) is 66.5 Å². The Bertz CT molecular complexity index is 842. The van der Waals surface area contributed by atoms with Gasteiger partial charge in [0.15, 0.2) is 0 Å². The molecule has 0 aliphatic rings. The molecule has 5 nitrogen and oxygen atoms in total. The van der Waals surface area contributed by atoms with E-state index < -0.39 is 34.1 Å². The molecule has 2 aromatic rings. The first-order chi connectivity index (χ1) is 11.8. The van der Waals surface area contributed by atoms with E-state index in [1.807, 2.05) is 30.3 Å². The highest BCUT2D eigenvalue weighted by Crippen LogP contribution is 2.15. The molecule has 0 fully saturated rings. The van der Waals surface area contributed by atoms with Gasteiger partial charge in [0.25, 0.3) is 0 Å². The van der Waals surface area contributed by atoms with Crippen molar-refractivity contribution in [1.82, 2.24) is 4.31 Å². The molecule has 0 spiro atoms. The van der Waals surface area contributed by atoms with E-state index in [-0.39, 0.29) is 12.2 Å². The molecule has 0 unspecified atom stereocenters. The van der Waals surface area contributed by atoms with Crippen molar-refractivity contribution >= 4 is 21.6 Å². The molecule has 0 aromatic heterocycles. The lowest BCUT2D eigenvalue weighted by molar-refractivity contribution is -0.116. The lowest BCUT2D eigenvalue weighted by Gasteiger charge is -2.19. The zero-order valence-corrected chi connectivity index (χ0v) is 14.4. The normalized spacial score (nSPS) is 11.5. The Balaban J connectivity index is 2.02. The minimum Gasteiger partial charge on any atom is -0.322 e. The number of sulfonamides is 1. The number of amides is 1. The van der Waals surface area contributed by atoms with E-state index in [2.05, 4.69) is 5.32 Å². The van der Waals surface area contributed by atoms with E-state index in [1.165, 1.54) is 0 Å². The van der Waals surface area contributed by atoms with Crippen LogP contribution in [0.3, 0.4) is 0 Å². The predicted molar refractivity (Wildman–Crippen MR) is 91.6 cm³/mol. The molecular formula is C17H18F2N2O3S. The van der Waals surface area contributed by atoms with Crippen LogP contribution in [0, 0.1) is 11.6 Å². The zero-order valence-electron chi connectivity index (χ0n) is 13.6. The third-order valence-electron chi connectivity index (χ3n) is 3.49. The summed E-state index contributed by atoms with van der Waals surface area (Å²) in [5, 5.41) is 2.25. The predicted octanol–water partition coefficient (Wildman–Crippen LogP) is 2.41. The third-order valence-corrected chi connectivity index (χ3v) is 4.74. The summed E-state index contributed by atoms with van der Waals surface area (Å²) in [6.45, 7) is -0.343. The molecule has 0 heterocycles. The Kier molecular flexibility index (Phi) is 6.22. The van der Waals surface area contributed by atoms with Crippen LogP contribution in [0.15, 0.2) is 48.5 Å². The molecule has 0 atom stereocenters. The molecule has 1 N–H and O–H groups in total. The van der Waals surface area contributed by atoms with Gasteiger partial charge in [-0.2, -0.15) is 4.31 Å². The Labute approximate surface area is 145 Å². The Morgan fingerprint density at radius 3 is 2.40 bits per heavy atom. The number of hydrogen-bond acceptors (Lipinski definition) is 3. The van der Waals surface area contributed by atoms with E-state index in [1.54, 1.807) is 0 Å². The fourth-order valence-electron chi connectivity index (χ4n) is 2.20. The number of nitrogens with zero attached hydrogens (tertiary/aromatic N) is 1. The van der Waals surface area contributed by atoms with Gasteiger partial charge in [-0.15, -0.1) is 0 Å². The summed E-state index contributed by atoms with van der Waals surface area (Å²) in [5.41, 5.74) is 0.726. The Morgan fingerprint density at radius 2 is 1.80 bits per heavy atom. The fraction of sp³-hybridized carbons (Fsp3) is 0.235. The van der Waals surface area contributed by atoms with Crippen LogP contribution in [0.4, 0.5) is 14.5 Å². The average molecular weight is 368 g/mol. The zero-order chi connectivity index (χ0) is 18.4. The molecule has 2 rings (SSSR count). The third kappa shape index (κ3) is 5.91. The quantitative estimate of drug-likeness (QED) is 0.816. The maximum Gasteiger partial charge on any atom is 0.239 e. The van der Waals surface area contributed by atoms with Crippen molar-refractivity contribution < 1.29 is 22.0 Å². The number of halogens is 2. The molecule has 0 aliphatic carbocycles. The van der Waals surface area contributed by atoms with Gasteiger partial charge in [0.1, 0.15) is 11.6 Å². The van der Waals surface area contributed by atoms with E-state index >= 15 is 0 Å². The second-order valence-electron chi connectivity index (χ2n) is 5.50. The van der Waals surface area contributed by atoms with Crippen molar-refractivity contribution in [3.05, 3.63) is 65.7 Å². The van der Waals surface area contributed by atoms with Crippen LogP contribution in [0.2, 0.25) is 0 Å². The molecule has 8 heteroatoms. The molecular weight excluding hydrogens is 350 g/mol. The summed E-state index contributed by atoms with van der Waals surface area (Å²) in [4.78, 5) is 12.0. The minimum atomic E-state index is -3.62. The molecule has 0 saturated heterocycles. The van der Waals surface area contributed by atoms with E-state index in [9.17, 15) is 22.0 Å². The van der Waals surface area contributed by atoms with Crippen molar-refractivity contribution in [3.63, 3.8) is 0 Å².